The predicted octanol–water partition coefficient (Wildman–Crippen LogP) is 1.65. The fraction of sp³-hybridized carbons (Fsp3) is 0.800. The van der Waals surface area contributed by atoms with Gasteiger partial charge >= 0.3 is 0 Å². The number of hydrogen-bond donors (Lipinski definition) is 1. The lowest BCUT2D eigenvalue weighted by Gasteiger charge is -2.17. The van der Waals surface area contributed by atoms with Crippen LogP contribution in [-0.2, 0) is 6.42 Å². The average molecular weight is 196 g/mol. The van der Waals surface area contributed by atoms with Crippen LogP contribution in [0.3, 0.4) is 0 Å². The van der Waals surface area contributed by atoms with Crippen LogP contribution in [0.25, 0.3) is 0 Å². The second kappa shape index (κ2) is 4.55. The van der Waals surface area contributed by atoms with Crippen molar-refractivity contribution in [3.05, 3.63) is 11.7 Å². The predicted molar refractivity (Wildman–Crippen MR) is 50.9 cm³/mol. The van der Waals surface area contributed by atoms with Crippen LogP contribution in [0.2, 0.25) is 0 Å². The summed E-state index contributed by atoms with van der Waals surface area (Å²) < 4.78 is 5.04. The first-order chi connectivity index (χ1) is 6.90. The molecule has 78 valence electrons. The molecule has 0 aromatic carbocycles. The van der Waals surface area contributed by atoms with Gasteiger partial charge in [0.05, 0.1) is 13.0 Å². The number of aromatic nitrogens is 2. The standard InChI is InChI=1S/C10H16N2O2/c13-7-6-9-11-10(12-14-9)8-4-2-1-3-5-8/h8,13H,1-7H2. The molecule has 0 spiro atoms. The maximum atomic E-state index is 8.71. The maximum absolute atomic E-state index is 8.71. The lowest BCUT2D eigenvalue weighted by Crippen LogP contribution is -2.06. The van der Waals surface area contributed by atoms with Gasteiger partial charge in [0.2, 0.25) is 5.89 Å². The zero-order valence-electron chi connectivity index (χ0n) is 8.28. The summed E-state index contributed by atoms with van der Waals surface area (Å²) in [5, 5.41) is 12.7. The SMILES string of the molecule is OCCc1nc(C2CCCCC2)no1. The second-order valence-corrected chi connectivity index (χ2v) is 3.85. The van der Waals surface area contributed by atoms with Crippen LogP contribution in [-0.4, -0.2) is 21.9 Å². The Kier molecular flexibility index (Phi) is 3.14. The van der Waals surface area contributed by atoms with E-state index < -0.39 is 0 Å². The van der Waals surface area contributed by atoms with Gasteiger partial charge in [-0.25, -0.2) is 0 Å². The minimum Gasteiger partial charge on any atom is -0.396 e. The van der Waals surface area contributed by atoms with E-state index in [0.29, 0.717) is 18.2 Å². The van der Waals surface area contributed by atoms with Crippen molar-refractivity contribution in [3.8, 4) is 0 Å². The molecule has 1 fully saturated rings. The van der Waals surface area contributed by atoms with Gasteiger partial charge in [0.1, 0.15) is 0 Å². The van der Waals surface area contributed by atoms with Crippen LogP contribution >= 0.6 is 0 Å². The molecule has 14 heavy (non-hydrogen) atoms. The molecular weight excluding hydrogens is 180 g/mol. The third-order valence-corrected chi connectivity index (χ3v) is 2.78. The Balaban J connectivity index is 2.00. The molecule has 0 aliphatic heterocycles. The molecular formula is C10H16N2O2. The van der Waals surface area contributed by atoms with E-state index in [9.17, 15) is 0 Å². The molecule has 0 bridgehead atoms. The van der Waals surface area contributed by atoms with Gasteiger partial charge in [-0.1, -0.05) is 24.4 Å². The maximum Gasteiger partial charge on any atom is 0.228 e. The first-order valence-corrected chi connectivity index (χ1v) is 5.33. The summed E-state index contributed by atoms with van der Waals surface area (Å²) in [6.07, 6.45) is 6.71. The Bertz CT molecular complexity index is 279. The molecule has 0 atom stereocenters. The van der Waals surface area contributed by atoms with Crippen LogP contribution in [0, 0.1) is 0 Å². The molecule has 1 aliphatic carbocycles. The Morgan fingerprint density at radius 2 is 2.07 bits per heavy atom. The summed E-state index contributed by atoms with van der Waals surface area (Å²) in [6, 6.07) is 0. The third-order valence-electron chi connectivity index (χ3n) is 2.78. The Hall–Kier alpha value is -0.900. The minimum absolute atomic E-state index is 0.0757. The van der Waals surface area contributed by atoms with Gasteiger partial charge in [0.25, 0.3) is 0 Å². The average Bonchev–Trinajstić information content (AvgIpc) is 2.68. The van der Waals surface area contributed by atoms with Crippen LogP contribution in [0.15, 0.2) is 4.52 Å². The van der Waals surface area contributed by atoms with Crippen molar-refractivity contribution >= 4 is 0 Å². The van der Waals surface area contributed by atoms with E-state index in [1.807, 2.05) is 0 Å². The molecule has 1 aromatic heterocycles. The highest BCUT2D eigenvalue weighted by atomic mass is 16.5. The molecule has 4 heteroatoms. The Morgan fingerprint density at radius 1 is 1.29 bits per heavy atom. The minimum atomic E-state index is 0.0757. The number of rotatable bonds is 3. The van der Waals surface area contributed by atoms with Crippen molar-refractivity contribution in [2.24, 2.45) is 0 Å². The Morgan fingerprint density at radius 3 is 2.79 bits per heavy atom. The molecule has 0 saturated heterocycles. The topological polar surface area (TPSA) is 59.2 Å². The van der Waals surface area contributed by atoms with Crippen molar-refractivity contribution in [1.82, 2.24) is 10.1 Å². The smallest absolute Gasteiger partial charge is 0.228 e. The van der Waals surface area contributed by atoms with E-state index in [0.717, 1.165) is 5.82 Å². The van der Waals surface area contributed by atoms with E-state index in [-0.39, 0.29) is 6.61 Å². The highest BCUT2D eigenvalue weighted by Crippen LogP contribution is 2.30. The molecule has 1 aromatic rings. The fourth-order valence-corrected chi connectivity index (χ4v) is 1.99. The largest absolute Gasteiger partial charge is 0.396 e. The zero-order chi connectivity index (χ0) is 9.80. The van der Waals surface area contributed by atoms with E-state index >= 15 is 0 Å². The van der Waals surface area contributed by atoms with Crippen LogP contribution in [0.4, 0.5) is 0 Å². The first-order valence-electron chi connectivity index (χ1n) is 5.33. The zero-order valence-corrected chi connectivity index (χ0v) is 8.28. The highest BCUT2D eigenvalue weighted by Gasteiger charge is 2.20. The summed E-state index contributed by atoms with van der Waals surface area (Å²) >= 11 is 0. The van der Waals surface area contributed by atoms with Crippen LogP contribution in [0.5, 0.6) is 0 Å². The van der Waals surface area contributed by atoms with E-state index in [4.69, 9.17) is 9.63 Å². The molecule has 0 unspecified atom stereocenters. The first kappa shape index (κ1) is 9.65. The van der Waals surface area contributed by atoms with Crippen molar-refractivity contribution in [2.45, 2.75) is 44.4 Å². The summed E-state index contributed by atoms with van der Waals surface area (Å²) in [4.78, 5) is 4.29. The molecule has 2 rings (SSSR count). The van der Waals surface area contributed by atoms with E-state index in [1.54, 1.807) is 0 Å². The van der Waals surface area contributed by atoms with Gasteiger partial charge in [-0.05, 0) is 12.8 Å². The van der Waals surface area contributed by atoms with Gasteiger partial charge in [-0.2, -0.15) is 4.98 Å². The molecule has 0 amide bonds. The third kappa shape index (κ3) is 2.12. The van der Waals surface area contributed by atoms with Crippen LogP contribution in [0.1, 0.15) is 49.7 Å². The van der Waals surface area contributed by atoms with Gasteiger partial charge in [0, 0.05) is 5.92 Å². The molecule has 0 radical (unpaired) electrons. The summed E-state index contributed by atoms with van der Waals surface area (Å²) in [5.74, 6) is 1.89. The van der Waals surface area contributed by atoms with Gasteiger partial charge in [-0.3, -0.25) is 0 Å². The lowest BCUT2D eigenvalue weighted by molar-refractivity contribution is 0.273. The van der Waals surface area contributed by atoms with E-state index in [1.165, 1.54) is 32.1 Å². The summed E-state index contributed by atoms with van der Waals surface area (Å²) in [5.41, 5.74) is 0. The normalized spacial score (nSPS) is 18.6. The summed E-state index contributed by atoms with van der Waals surface area (Å²) in [7, 11) is 0. The van der Waals surface area contributed by atoms with Crippen molar-refractivity contribution in [2.75, 3.05) is 6.61 Å². The van der Waals surface area contributed by atoms with Gasteiger partial charge < -0.3 is 9.63 Å². The van der Waals surface area contributed by atoms with Gasteiger partial charge in [-0.15, -0.1) is 0 Å². The van der Waals surface area contributed by atoms with E-state index in [2.05, 4.69) is 10.1 Å². The second-order valence-electron chi connectivity index (χ2n) is 3.85. The molecule has 1 saturated carbocycles. The quantitative estimate of drug-likeness (QED) is 0.798. The van der Waals surface area contributed by atoms with Crippen molar-refractivity contribution in [1.29, 1.82) is 0 Å². The fourth-order valence-electron chi connectivity index (χ4n) is 1.99. The molecule has 1 aliphatic rings. The van der Waals surface area contributed by atoms with Crippen molar-refractivity contribution < 1.29 is 9.63 Å². The molecule has 1 heterocycles. The van der Waals surface area contributed by atoms with Gasteiger partial charge in [0.15, 0.2) is 5.82 Å². The highest BCUT2D eigenvalue weighted by molar-refractivity contribution is 4.96. The summed E-state index contributed by atoms with van der Waals surface area (Å²) in [6.45, 7) is 0.0757. The number of nitrogens with zero attached hydrogens (tertiary/aromatic N) is 2. The van der Waals surface area contributed by atoms with Crippen molar-refractivity contribution in [3.63, 3.8) is 0 Å². The molecule has 4 nitrogen and oxygen atoms in total. The number of aliphatic hydroxyl groups is 1. The molecule has 1 N–H and O–H groups in total. The number of aliphatic hydroxyl groups excluding tert-OH is 1. The van der Waals surface area contributed by atoms with Crippen LogP contribution < -0.4 is 0 Å². The Labute approximate surface area is 83.3 Å². The monoisotopic (exact) mass is 196 g/mol. The lowest BCUT2D eigenvalue weighted by atomic mass is 9.89. The number of hydrogen-bond acceptors (Lipinski definition) is 4.